The van der Waals surface area contributed by atoms with Gasteiger partial charge in [0, 0.05) is 38.3 Å². The highest BCUT2D eigenvalue weighted by molar-refractivity contribution is 6.06. The van der Waals surface area contributed by atoms with Crippen molar-refractivity contribution in [2.75, 3.05) is 50.6 Å². The molecule has 36 heavy (non-hydrogen) atoms. The fourth-order valence-corrected chi connectivity index (χ4v) is 4.01. The summed E-state index contributed by atoms with van der Waals surface area (Å²) < 4.78 is 37.7. The summed E-state index contributed by atoms with van der Waals surface area (Å²) >= 11 is 0. The zero-order valence-corrected chi connectivity index (χ0v) is 20.0. The van der Waals surface area contributed by atoms with E-state index in [0.29, 0.717) is 67.2 Å². The van der Waals surface area contributed by atoms with Crippen LogP contribution in [-0.4, -0.2) is 62.1 Å². The summed E-state index contributed by atoms with van der Waals surface area (Å²) in [6.45, 7) is 1.96. The van der Waals surface area contributed by atoms with Crippen LogP contribution in [0.25, 0.3) is 0 Å². The predicted octanol–water partition coefficient (Wildman–Crippen LogP) is 3.98. The van der Waals surface area contributed by atoms with Gasteiger partial charge < -0.3 is 24.6 Å². The Balaban J connectivity index is 1.39. The topological polar surface area (TPSA) is 84.0 Å². The molecule has 1 aliphatic rings. The summed E-state index contributed by atoms with van der Waals surface area (Å²) in [5.74, 6) is -0.740. The molecule has 0 aliphatic carbocycles. The van der Waals surface area contributed by atoms with Crippen molar-refractivity contribution in [1.29, 1.82) is 0 Å². The summed E-state index contributed by atoms with van der Waals surface area (Å²) in [4.78, 5) is 33.5. The smallest absolute Gasteiger partial charge is 0.259 e. The molecule has 8 nitrogen and oxygen atoms in total. The highest BCUT2D eigenvalue weighted by Crippen LogP contribution is 2.26. The van der Waals surface area contributed by atoms with Crippen LogP contribution in [-0.2, 0) is 0 Å². The quantitative estimate of drug-likeness (QED) is 0.556. The first kappa shape index (κ1) is 24.9. The number of amides is 2. The number of nitrogens with zero attached hydrogens (tertiary/aromatic N) is 3. The predicted molar refractivity (Wildman–Crippen MR) is 131 cm³/mol. The first-order valence-electron chi connectivity index (χ1n) is 11.4. The van der Waals surface area contributed by atoms with Crippen molar-refractivity contribution in [1.82, 2.24) is 9.88 Å². The van der Waals surface area contributed by atoms with E-state index in [2.05, 4.69) is 10.3 Å². The summed E-state index contributed by atoms with van der Waals surface area (Å²) in [7, 11) is 3.01. The average Bonchev–Trinajstić information content (AvgIpc) is 3.15. The maximum absolute atomic E-state index is 14.1. The fraction of sp³-hybridized carbons (Fsp3) is 0.269. The van der Waals surface area contributed by atoms with Crippen LogP contribution in [0.1, 0.15) is 27.1 Å². The van der Waals surface area contributed by atoms with Crippen molar-refractivity contribution >= 4 is 23.3 Å². The van der Waals surface area contributed by atoms with Crippen molar-refractivity contribution in [2.45, 2.75) is 6.42 Å². The maximum Gasteiger partial charge on any atom is 0.259 e. The lowest BCUT2D eigenvalue weighted by molar-refractivity contribution is 0.0762. The summed E-state index contributed by atoms with van der Waals surface area (Å²) in [6.07, 6.45) is 2.22. The number of hydrogen-bond donors (Lipinski definition) is 1. The Morgan fingerprint density at radius 1 is 0.917 bits per heavy atom. The van der Waals surface area contributed by atoms with Crippen LogP contribution in [0.2, 0.25) is 0 Å². The number of hydrogen-bond acceptors (Lipinski definition) is 6. The zero-order chi connectivity index (χ0) is 25.7. The normalized spacial score (nSPS) is 13.7. The van der Waals surface area contributed by atoms with E-state index in [1.165, 1.54) is 20.3 Å². The second kappa shape index (κ2) is 11.0. The van der Waals surface area contributed by atoms with Gasteiger partial charge in [-0.05, 0) is 42.8 Å². The Morgan fingerprint density at radius 3 is 2.42 bits per heavy atom. The Hall–Kier alpha value is -4.21. The molecular formula is C26H26F2N4O4. The first-order valence-corrected chi connectivity index (χ1v) is 11.4. The van der Waals surface area contributed by atoms with Gasteiger partial charge in [-0.15, -0.1) is 0 Å². The van der Waals surface area contributed by atoms with Gasteiger partial charge in [-0.1, -0.05) is 0 Å². The molecule has 1 aliphatic heterocycles. The third-order valence-corrected chi connectivity index (χ3v) is 5.93. The summed E-state index contributed by atoms with van der Waals surface area (Å²) in [5.41, 5.74) is 0.730. The van der Waals surface area contributed by atoms with Crippen molar-refractivity contribution in [2.24, 2.45) is 0 Å². The van der Waals surface area contributed by atoms with Gasteiger partial charge in [-0.2, -0.15) is 0 Å². The Morgan fingerprint density at radius 2 is 1.72 bits per heavy atom. The van der Waals surface area contributed by atoms with Crippen LogP contribution in [0.3, 0.4) is 0 Å². The number of rotatable bonds is 6. The minimum atomic E-state index is -0.868. The number of pyridine rings is 1. The number of carbonyl (C=O) groups excluding carboxylic acids is 2. The van der Waals surface area contributed by atoms with Crippen molar-refractivity contribution in [3.05, 3.63) is 77.5 Å². The van der Waals surface area contributed by atoms with Crippen molar-refractivity contribution < 1.29 is 27.8 Å². The monoisotopic (exact) mass is 496 g/mol. The average molecular weight is 497 g/mol. The van der Waals surface area contributed by atoms with Crippen LogP contribution in [0.5, 0.6) is 11.5 Å². The molecule has 188 valence electrons. The van der Waals surface area contributed by atoms with Crippen LogP contribution in [0, 0.1) is 11.6 Å². The second-order valence-electron chi connectivity index (χ2n) is 8.18. The molecule has 2 heterocycles. The highest BCUT2D eigenvalue weighted by atomic mass is 19.1. The lowest BCUT2D eigenvalue weighted by Gasteiger charge is -2.23. The van der Waals surface area contributed by atoms with Gasteiger partial charge >= 0.3 is 0 Å². The second-order valence-corrected chi connectivity index (χ2v) is 8.18. The number of aromatic nitrogens is 1. The third kappa shape index (κ3) is 5.54. The molecule has 4 rings (SSSR count). The molecule has 1 saturated heterocycles. The Kier molecular flexibility index (Phi) is 7.62. The van der Waals surface area contributed by atoms with Gasteiger partial charge in [-0.25, -0.2) is 13.8 Å². The number of halogens is 2. The van der Waals surface area contributed by atoms with E-state index in [1.807, 2.05) is 4.90 Å². The van der Waals surface area contributed by atoms with Crippen molar-refractivity contribution in [3.8, 4) is 11.5 Å². The molecule has 2 amide bonds. The number of anilines is 2. The van der Waals surface area contributed by atoms with E-state index < -0.39 is 17.5 Å². The molecular weight excluding hydrogens is 470 g/mol. The maximum atomic E-state index is 14.1. The molecule has 0 spiro atoms. The molecule has 1 N–H and O–H groups in total. The van der Waals surface area contributed by atoms with Gasteiger partial charge in [-0.3, -0.25) is 9.59 Å². The minimum absolute atomic E-state index is 0.142. The number of nitrogens with one attached hydrogen (secondary N) is 1. The molecule has 1 fully saturated rings. The largest absolute Gasteiger partial charge is 0.497 e. The summed E-state index contributed by atoms with van der Waals surface area (Å²) in [6, 6.07) is 11.4. The number of carbonyl (C=O) groups is 2. The number of benzene rings is 2. The molecule has 0 atom stereocenters. The molecule has 2 aromatic carbocycles. The van der Waals surface area contributed by atoms with E-state index in [9.17, 15) is 18.4 Å². The van der Waals surface area contributed by atoms with Crippen LogP contribution >= 0.6 is 0 Å². The van der Waals surface area contributed by atoms with Crippen LogP contribution in [0.15, 0.2) is 54.7 Å². The van der Waals surface area contributed by atoms with Crippen LogP contribution in [0.4, 0.5) is 20.3 Å². The molecule has 10 heteroatoms. The van der Waals surface area contributed by atoms with E-state index in [-0.39, 0.29) is 11.5 Å². The fourth-order valence-electron chi connectivity index (χ4n) is 4.01. The van der Waals surface area contributed by atoms with E-state index >= 15 is 0 Å². The van der Waals surface area contributed by atoms with Gasteiger partial charge in [0.05, 0.1) is 37.2 Å². The first-order chi connectivity index (χ1) is 17.4. The molecule has 3 aromatic rings. The molecule has 0 unspecified atom stereocenters. The lowest BCUT2D eigenvalue weighted by Crippen LogP contribution is -2.35. The van der Waals surface area contributed by atoms with Gasteiger partial charge in [0.1, 0.15) is 29.0 Å². The Labute approximate surface area is 207 Å². The van der Waals surface area contributed by atoms with E-state index in [0.717, 1.165) is 6.07 Å². The number of ether oxygens (including phenoxy) is 2. The van der Waals surface area contributed by atoms with E-state index in [4.69, 9.17) is 9.47 Å². The molecule has 0 radical (unpaired) electrons. The van der Waals surface area contributed by atoms with E-state index in [1.54, 1.807) is 41.4 Å². The molecule has 0 bridgehead atoms. The van der Waals surface area contributed by atoms with Gasteiger partial charge in [0.2, 0.25) is 0 Å². The van der Waals surface area contributed by atoms with Gasteiger partial charge in [0.25, 0.3) is 11.8 Å². The highest BCUT2D eigenvalue weighted by Gasteiger charge is 2.23. The molecule has 1 aromatic heterocycles. The van der Waals surface area contributed by atoms with Gasteiger partial charge in [0.15, 0.2) is 0 Å². The number of methoxy groups -OCH3 is 2. The lowest BCUT2D eigenvalue weighted by atomic mass is 10.1. The minimum Gasteiger partial charge on any atom is -0.497 e. The Bertz CT molecular complexity index is 1250. The third-order valence-electron chi connectivity index (χ3n) is 5.93. The standard InChI is InChI=1S/C26H26F2N4O4/c1-35-19-6-8-21(23(15-19)36-2)25(33)30-18-5-9-24(29-16-18)31-10-3-11-32(13-12-31)26(34)20-7-4-17(27)14-22(20)28/h4-9,14-16H,3,10-13H2,1-2H3,(H,30,33). The molecule has 0 saturated carbocycles. The van der Waals surface area contributed by atoms with Crippen molar-refractivity contribution in [3.63, 3.8) is 0 Å². The van der Waals surface area contributed by atoms with Crippen LogP contribution < -0.4 is 19.7 Å². The SMILES string of the molecule is COc1ccc(C(=O)Nc2ccc(N3CCCN(C(=O)c4ccc(F)cc4F)CC3)nc2)c(OC)c1. The zero-order valence-electron chi connectivity index (χ0n) is 20.0. The summed E-state index contributed by atoms with van der Waals surface area (Å²) in [5, 5.41) is 2.81.